The van der Waals surface area contributed by atoms with E-state index in [4.69, 9.17) is 4.74 Å². The van der Waals surface area contributed by atoms with E-state index < -0.39 is 0 Å². The Kier molecular flexibility index (Phi) is 9.19. The van der Waals surface area contributed by atoms with E-state index in [1.165, 1.54) is 0 Å². The molecule has 0 atom stereocenters. The summed E-state index contributed by atoms with van der Waals surface area (Å²) in [6.07, 6.45) is 2.55. The molecule has 0 aromatic rings. The van der Waals surface area contributed by atoms with Crippen LogP contribution in [0.25, 0.3) is 0 Å². The van der Waals surface area contributed by atoms with Gasteiger partial charge in [-0.25, -0.2) is 0 Å². The summed E-state index contributed by atoms with van der Waals surface area (Å²) in [5.41, 5.74) is 0. The fraction of sp³-hybridized carbons (Fsp3) is 0.833. The number of nitrogens with one attached hydrogen (secondary N) is 2. The van der Waals surface area contributed by atoms with Crippen molar-refractivity contribution in [2.75, 3.05) is 20.1 Å². The topological polar surface area (TPSA) is 62.7 Å². The quantitative estimate of drug-likeness (QED) is 0.306. The average Bonchev–Trinajstić information content (AvgIpc) is 2.26. The minimum absolute atomic E-state index is 0.0514. The number of unbranched alkanes of at least 4 members (excludes halogenated alkanes) is 1. The highest BCUT2D eigenvalue weighted by Crippen LogP contribution is 1.92. The molecule has 17 heavy (non-hydrogen) atoms. The molecule has 0 unspecified atom stereocenters. The molecule has 5 heteroatoms. The molecule has 2 N–H and O–H groups in total. The number of rotatable bonds is 7. The molecule has 0 fully saturated rings. The van der Waals surface area contributed by atoms with Crippen LogP contribution in [-0.4, -0.2) is 38.2 Å². The molecule has 0 heterocycles. The first-order valence-electron chi connectivity index (χ1n) is 6.24. The lowest BCUT2D eigenvalue weighted by atomic mass is 10.3. The van der Waals surface area contributed by atoms with Gasteiger partial charge in [0.2, 0.25) is 0 Å². The number of ether oxygens (including phenoxy) is 1. The normalized spacial score (nSPS) is 11.5. The van der Waals surface area contributed by atoms with Gasteiger partial charge in [-0.1, -0.05) is 13.3 Å². The first-order valence-corrected chi connectivity index (χ1v) is 6.24. The predicted molar refractivity (Wildman–Crippen MR) is 70.1 cm³/mol. The Morgan fingerprint density at radius 1 is 1.29 bits per heavy atom. The lowest BCUT2D eigenvalue weighted by Gasteiger charge is -2.12. The second-order valence-corrected chi connectivity index (χ2v) is 4.07. The monoisotopic (exact) mass is 243 g/mol. The minimum atomic E-state index is -0.184. The van der Waals surface area contributed by atoms with Crippen LogP contribution in [0.3, 0.4) is 0 Å². The van der Waals surface area contributed by atoms with Gasteiger partial charge < -0.3 is 15.4 Å². The maximum absolute atomic E-state index is 11.3. The second kappa shape index (κ2) is 9.93. The van der Waals surface area contributed by atoms with Crippen molar-refractivity contribution in [3.05, 3.63) is 0 Å². The number of hydrogen-bond donors (Lipinski definition) is 2. The number of carbonyl (C=O) groups excluding carboxylic acids is 1. The van der Waals surface area contributed by atoms with Crippen LogP contribution < -0.4 is 10.6 Å². The maximum Gasteiger partial charge on any atom is 0.307 e. The van der Waals surface area contributed by atoms with Crippen LogP contribution in [0.2, 0.25) is 0 Å². The number of nitrogens with zero attached hydrogens (tertiary/aromatic N) is 1. The van der Waals surface area contributed by atoms with Gasteiger partial charge in [-0.2, -0.15) is 0 Å². The fourth-order valence-electron chi connectivity index (χ4n) is 1.21. The van der Waals surface area contributed by atoms with Crippen molar-refractivity contribution in [1.29, 1.82) is 0 Å². The van der Waals surface area contributed by atoms with Crippen LogP contribution in [0.1, 0.15) is 40.0 Å². The molecule has 0 aromatic carbocycles. The van der Waals surface area contributed by atoms with E-state index in [1.54, 1.807) is 7.05 Å². The van der Waals surface area contributed by atoms with Crippen molar-refractivity contribution < 1.29 is 9.53 Å². The van der Waals surface area contributed by atoms with Gasteiger partial charge in [0.15, 0.2) is 5.96 Å². The van der Waals surface area contributed by atoms with Crippen LogP contribution >= 0.6 is 0 Å². The summed E-state index contributed by atoms with van der Waals surface area (Å²) in [6.45, 7) is 7.26. The van der Waals surface area contributed by atoms with Gasteiger partial charge in [-0.3, -0.25) is 9.79 Å². The second-order valence-electron chi connectivity index (χ2n) is 4.07. The third-order valence-corrected chi connectivity index (χ3v) is 2.04. The molecule has 5 nitrogen and oxygen atoms in total. The van der Waals surface area contributed by atoms with Crippen LogP contribution in [-0.2, 0) is 9.53 Å². The number of guanidine groups is 1. The fourth-order valence-corrected chi connectivity index (χ4v) is 1.21. The first kappa shape index (κ1) is 15.7. The Morgan fingerprint density at radius 2 is 1.94 bits per heavy atom. The molecule has 0 bridgehead atoms. The lowest BCUT2D eigenvalue weighted by Crippen LogP contribution is -2.38. The van der Waals surface area contributed by atoms with Gasteiger partial charge in [-0.15, -0.1) is 0 Å². The third-order valence-electron chi connectivity index (χ3n) is 2.04. The van der Waals surface area contributed by atoms with Crippen molar-refractivity contribution in [2.45, 2.75) is 46.1 Å². The number of hydrogen-bond acceptors (Lipinski definition) is 3. The van der Waals surface area contributed by atoms with Gasteiger partial charge in [-0.05, 0) is 20.3 Å². The summed E-state index contributed by atoms with van der Waals surface area (Å²) >= 11 is 0. The maximum atomic E-state index is 11.3. The Morgan fingerprint density at radius 3 is 2.47 bits per heavy atom. The zero-order valence-corrected chi connectivity index (χ0v) is 11.4. The molecule has 0 amide bonds. The summed E-state index contributed by atoms with van der Waals surface area (Å²) < 4.78 is 5.02. The molecule has 0 aromatic heterocycles. The molecule has 0 aliphatic heterocycles. The molecule has 0 aliphatic rings. The van der Waals surface area contributed by atoms with Gasteiger partial charge in [0.25, 0.3) is 0 Å². The predicted octanol–water partition coefficient (Wildman–Crippen LogP) is 1.29. The van der Waals surface area contributed by atoms with Crippen molar-refractivity contribution >= 4 is 11.9 Å². The number of carbonyl (C=O) groups is 1. The molecule has 0 saturated carbocycles. The lowest BCUT2D eigenvalue weighted by molar-refractivity contribution is -0.147. The third kappa shape index (κ3) is 9.66. The van der Waals surface area contributed by atoms with Gasteiger partial charge in [0.05, 0.1) is 12.5 Å². The highest BCUT2D eigenvalue weighted by atomic mass is 16.5. The molecule has 100 valence electrons. The first-order chi connectivity index (χ1) is 8.10. The van der Waals surface area contributed by atoms with Crippen molar-refractivity contribution in [1.82, 2.24) is 10.6 Å². The van der Waals surface area contributed by atoms with Gasteiger partial charge in [0.1, 0.15) is 0 Å². The largest absolute Gasteiger partial charge is 0.463 e. The molecule has 0 saturated heterocycles. The van der Waals surface area contributed by atoms with Gasteiger partial charge >= 0.3 is 5.97 Å². The van der Waals surface area contributed by atoms with E-state index in [1.807, 2.05) is 13.8 Å². The van der Waals surface area contributed by atoms with Crippen molar-refractivity contribution in [2.24, 2.45) is 4.99 Å². The van der Waals surface area contributed by atoms with Crippen molar-refractivity contribution in [3.8, 4) is 0 Å². The van der Waals surface area contributed by atoms with E-state index in [9.17, 15) is 4.79 Å². The standard InChI is InChI=1S/C12H25N3O2/c1-5-6-8-14-12(13-4)15-9-7-11(16)17-10(2)3/h10H,5-9H2,1-4H3,(H2,13,14,15). The summed E-state index contributed by atoms with van der Waals surface area (Å²) in [5, 5.41) is 6.24. The molecule has 0 rings (SSSR count). The Labute approximate surface area is 104 Å². The van der Waals surface area contributed by atoms with E-state index >= 15 is 0 Å². The smallest absolute Gasteiger partial charge is 0.307 e. The van der Waals surface area contributed by atoms with Crippen LogP contribution in [0.5, 0.6) is 0 Å². The van der Waals surface area contributed by atoms with Crippen LogP contribution in [0, 0.1) is 0 Å². The Balaban J connectivity index is 3.66. The minimum Gasteiger partial charge on any atom is -0.463 e. The highest BCUT2D eigenvalue weighted by molar-refractivity contribution is 5.80. The van der Waals surface area contributed by atoms with Crippen molar-refractivity contribution in [3.63, 3.8) is 0 Å². The van der Waals surface area contributed by atoms with Crippen LogP contribution in [0.15, 0.2) is 4.99 Å². The molecular weight excluding hydrogens is 218 g/mol. The van der Waals surface area contributed by atoms with E-state index in [2.05, 4.69) is 22.5 Å². The molecule has 0 aliphatic carbocycles. The van der Waals surface area contributed by atoms with E-state index in [-0.39, 0.29) is 12.1 Å². The Bertz CT molecular complexity index is 240. The summed E-state index contributed by atoms with van der Waals surface area (Å²) in [6, 6.07) is 0. The van der Waals surface area contributed by atoms with Gasteiger partial charge in [0, 0.05) is 20.1 Å². The highest BCUT2D eigenvalue weighted by Gasteiger charge is 2.05. The number of aliphatic imine (C=N–C) groups is 1. The molecule has 0 radical (unpaired) electrons. The average molecular weight is 243 g/mol. The summed E-state index contributed by atoms with van der Waals surface area (Å²) in [5.74, 6) is 0.548. The van der Waals surface area contributed by atoms with Crippen LogP contribution in [0.4, 0.5) is 0 Å². The zero-order chi connectivity index (χ0) is 13.1. The van der Waals surface area contributed by atoms with E-state index in [0.717, 1.165) is 25.3 Å². The Hall–Kier alpha value is -1.26. The molecule has 0 spiro atoms. The summed E-state index contributed by atoms with van der Waals surface area (Å²) in [4.78, 5) is 15.3. The summed E-state index contributed by atoms with van der Waals surface area (Å²) in [7, 11) is 1.72. The molecular formula is C12H25N3O2. The number of esters is 1. The van der Waals surface area contributed by atoms with E-state index in [0.29, 0.717) is 13.0 Å². The zero-order valence-electron chi connectivity index (χ0n) is 11.4. The SMILES string of the molecule is CCCCNC(=NC)NCCC(=O)OC(C)C.